The average molecular weight is 187 g/mol. The first-order valence-corrected chi connectivity index (χ1v) is 3.88. The van der Waals surface area contributed by atoms with Gasteiger partial charge < -0.3 is 4.40 Å². The molecule has 2 aromatic rings. The molecule has 0 saturated carbocycles. The lowest BCUT2D eigenvalue weighted by Crippen LogP contribution is -1.87. The van der Waals surface area contributed by atoms with E-state index >= 15 is 0 Å². The number of fused-ring (bicyclic) bond motifs is 1. The summed E-state index contributed by atoms with van der Waals surface area (Å²) < 4.78 is 1.50. The van der Waals surface area contributed by atoms with Gasteiger partial charge >= 0.3 is 0 Å². The van der Waals surface area contributed by atoms with Crippen molar-refractivity contribution in [1.29, 1.82) is 5.26 Å². The molecule has 0 bridgehead atoms. The Morgan fingerprint density at radius 3 is 2.93 bits per heavy atom. The molecule has 2 rings (SSSR count). The van der Waals surface area contributed by atoms with Crippen LogP contribution in [0.5, 0.6) is 0 Å². The monoisotopic (exact) mass is 187 g/mol. The molecule has 0 aliphatic heterocycles. The van der Waals surface area contributed by atoms with E-state index in [1.807, 2.05) is 6.07 Å². The Hall–Kier alpha value is -2.35. The smallest absolute Gasteiger partial charge is 0.296 e. The van der Waals surface area contributed by atoms with Crippen LogP contribution in [0.2, 0.25) is 0 Å². The Kier molecular flexibility index (Phi) is 1.68. The normalized spacial score (nSPS) is 9.93. The molecular weight excluding hydrogens is 182 g/mol. The van der Waals surface area contributed by atoms with E-state index in [1.165, 1.54) is 10.5 Å². The highest BCUT2D eigenvalue weighted by atomic mass is 16.6. The molecule has 0 fully saturated rings. The number of rotatable bonds is 1. The first-order chi connectivity index (χ1) is 6.74. The van der Waals surface area contributed by atoms with Crippen LogP contribution in [0, 0.1) is 21.4 Å². The highest BCUT2D eigenvalue weighted by Gasteiger charge is 2.16. The molecule has 0 aromatic carbocycles. The molecule has 0 radical (unpaired) electrons. The quantitative estimate of drug-likeness (QED) is 0.504. The van der Waals surface area contributed by atoms with Gasteiger partial charge in [0.25, 0.3) is 5.69 Å². The number of hydrogen-bond acceptors (Lipinski definition) is 3. The molecule has 0 aliphatic carbocycles. The Bertz CT molecular complexity index is 551. The van der Waals surface area contributed by atoms with E-state index in [-0.39, 0.29) is 11.4 Å². The maximum absolute atomic E-state index is 10.6. The predicted octanol–water partition coefficient (Wildman–Crippen LogP) is 1.72. The largest absolute Gasteiger partial charge is 0.302 e. The van der Waals surface area contributed by atoms with Crippen molar-refractivity contribution < 1.29 is 4.92 Å². The zero-order chi connectivity index (χ0) is 10.1. The number of nitriles is 1. The van der Waals surface area contributed by atoms with E-state index in [0.717, 1.165) is 0 Å². The molecule has 5 nitrogen and oxygen atoms in total. The fourth-order valence-corrected chi connectivity index (χ4v) is 1.37. The van der Waals surface area contributed by atoms with Crippen LogP contribution in [-0.4, -0.2) is 9.32 Å². The fraction of sp³-hybridized carbons (Fsp3) is 0. The van der Waals surface area contributed by atoms with E-state index < -0.39 is 4.92 Å². The molecule has 0 atom stereocenters. The van der Waals surface area contributed by atoms with Gasteiger partial charge in [-0.3, -0.25) is 10.1 Å². The maximum atomic E-state index is 10.6. The highest BCUT2D eigenvalue weighted by molar-refractivity contribution is 5.68. The van der Waals surface area contributed by atoms with Gasteiger partial charge in [-0.05, 0) is 12.1 Å². The summed E-state index contributed by atoms with van der Waals surface area (Å²) in [6, 6.07) is 8.20. The molecule has 2 aromatic heterocycles. The van der Waals surface area contributed by atoms with Crippen molar-refractivity contribution >= 4 is 11.2 Å². The van der Waals surface area contributed by atoms with E-state index in [1.54, 1.807) is 24.4 Å². The topological polar surface area (TPSA) is 71.3 Å². The highest BCUT2D eigenvalue weighted by Crippen LogP contribution is 2.23. The Labute approximate surface area is 79.0 Å². The Morgan fingerprint density at radius 2 is 2.29 bits per heavy atom. The summed E-state index contributed by atoms with van der Waals surface area (Å²) in [5.74, 6) is 0. The predicted molar refractivity (Wildman–Crippen MR) is 48.8 cm³/mol. The number of nitro groups is 1. The average Bonchev–Trinajstić information content (AvgIpc) is 2.56. The lowest BCUT2D eigenvalue weighted by Gasteiger charge is -1.92. The minimum atomic E-state index is -0.490. The second-order valence-electron chi connectivity index (χ2n) is 2.74. The summed E-state index contributed by atoms with van der Waals surface area (Å²) in [5.41, 5.74) is 0.670. The second kappa shape index (κ2) is 2.85. The second-order valence-corrected chi connectivity index (χ2v) is 2.74. The van der Waals surface area contributed by atoms with Gasteiger partial charge in [-0.15, -0.1) is 0 Å². The molecule has 0 aliphatic rings. The van der Waals surface area contributed by atoms with E-state index in [0.29, 0.717) is 5.52 Å². The van der Waals surface area contributed by atoms with Gasteiger partial charge in [-0.1, -0.05) is 6.07 Å². The summed E-state index contributed by atoms with van der Waals surface area (Å²) in [7, 11) is 0. The standard InChI is InChI=1S/C9H5N3O2/c10-6-7-5-9(12(13)14)8-3-1-2-4-11(7)8/h1-5H. The lowest BCUT2D eigenvalue weighted by atomic mass is 10.4. The van der Waals surface area contributed by atoms with Crippen molar-refractivity contribution in [2.24, 2.45) is 0 Å². The third-order valence-electron chi connectivity index (χ3n) is 1.97. The van der Waals surface area contributed by atoms with Crippen LogP contribution in [0.1, 0.15) is 5.69 Å². The van der Waals surface area contributed by atoms with Crippen LogP contribution < -0.4 is 0 Å². The minimum absolute atomic E-state index is 0.0397. The van der Waals surface area contributed by atoms with Crippen molar-refractivity contribution in [1.82, 2.24) is 4.40 Å². The van der Waals surface area contributed by atoms with Gasteiger partial charge in [-0.25, -0.2) is 0 Å². The van der Waals surface area contributed by atoms with Crippen molar-refractivity contribution in [2.45, 2.75) is 0 Å². The van der Waals surface area contributed by atoms with E-state index in [4.69, 9.17) is 5.26 Å². The van der Waals surface area contributed by atoms with Crippen molar-refractivity contribution in [3.63, 3.8) is 0 Å². The van der Waals surface area contributed by atoms with Gasteiger partial charge in [0.2, 0.25) is 0 Å². The number of nitrogens with zero attached hydrogens (tertiary/aromatic N) is 3. The Morgan fingerprint density at radius 1 is 1.50 bits per heavy atom. The third kappa shape index (κ3) is 1.02. The summed E-state index contributed by atoms with van der Waals surface area (Å²) in [5, 5.41) is 19.4. The molecule has 68 valence electrons. The van der Waals surface area contributed by atoms with Gasteiger partial charge in [0.15, 0.2) is 0 Å². The van der Waals surface area contributed by atoms with Gasteiger partial charge in [-0.2, -0.15) is 5.26 Å². The summed E-state index contributed by atoms with van der Waals surface area (Å²) in [4.78, 5) is 10.1. The zero-order valence-corrected chi connectivity index (χ0v) is 7.04. The van der Waals surface area contributed by atoms with Gasteiger partial charge in [0, 0.05) is 6.20 Å². The molecule has 14 heavy (non-hydrogen) atoms. The van der Waals surface area contributed by atoms with Crippen molar-refractivity contribution in [2.75, 3.05) is 0 Å². The van der Waals surface area contributed by atoms with Crippen molar-refractivity contribution in [3.8, 4) is 6.07 Å². The molecule has 0 saturated heterocycles. The van der Waals surface area contributed by atoms with Crippen molar-refractivity contribution in [3.05, 3.63) is 46.3 Å². The van der Waals surface area contributed by atoms with E-state index in [2.05, 4.69) is 0 Å². The fourth-order valence-electron chi connectivity index (χ4n) is 1.37. The van der Waals surface area contributed by atoms with Crippen LogP contribution in [0.15, 0.2) is 30.5 Å². The molecule has 0 N–H and O–H groups in total. The third-order valence-corrected chi connectivity index (χ3v) is 1.97. The van der Waals surface area contributed by atoms with Crippen LogP contribution in [0.4, 0.5) is 5.69 Å². The lowest BCUT2D eigenvalue weighted by molar-refractivity contribution is -0.383. The first kappa shape index (κ1) is 8.26. The summed E-state index contributed by atoms with van der Waals surface area (Å²) >= 11 is 0. The molecule has 0 amide bonds. The summed E-state index contributed by atoms with van der Waals surface area (Å²) in [6.45, 7) is 0. The number of hydrogen-bond donors (Lipinski definition) is 0. The molecular formula is C9H5N3O2. The van der Waals surface area contributed by atoms with Crippen LogP contribution in [0.3, 0.4) is 0 Å². The molecule has 0 spiro atoms. The Balaban J connectivity index is 2.88. The van der Waals surface area contributed by atoms with E-state index in [9.17, 15) is 10.1 Å². The SMILES string of the molecule is N#Cc1cc([N+](=O)[O-])c2ccccn12. The first-order valence-electron chi connectivity index (χ1n) is 3.88. The number of aromatic nitrogens is 1. The van der Waals surface area contributed by atoms with Crippen LogP contribution >= 0.6 is 0 Å². The number of pyridine rings is 1. The minimum Gasteiger partial charge on any atom is -0.302 e. The van der Waals surface area contributed by atoms with Gasteiger partial charge in [0.05, 0.1) is 11.0 Å². The van der Waals surface area contributed by atoms with Crippen LogP contribution in [-0.2, 0) is 0 Å². The molecule has 2 heterocycles. The molecule has 0 unspecified atom stereocenters. The molecule has 5 heteroatoms. The summed E-state index contributed by atoms with van der Waals surface area (Å²) in [6.07, 6.45) is 1.63. The van der Waals surface area contributed by atoms with Crippen LogP contribution in [0.25, 0.3) is 5.52 Å². The maximum Gasteiger partial charge on any atom is 0.296 e. The zero-order valence-electron chi connectivity index (χ0n) is 7.04. The van der Waals surface area contributed by atoms with Gasteiger partial charge in [0.1, 0.15) is 17.3 Å².